The Balaban J connectivity index is 1.68. The van der Waals surface area contributed by atoms with E-state index in [-0.39, 0.29) is 38.8 Å². The van der Waals surface area contributed by atoms with Crippen LogP contribution in [-0.2, 0) is 0 Å². The first kappa shape index (κ1) is 24.8. The summed E-state index contributed by atoms with van der Waals surface area (Å²) in [7, 11) is 0. The van der Waals surface area contributed by atoms with Crippen LogP contribution in [0.25, 0.3) is 10.9 Å². The van der Waals surface area contributed by atoms with Crippen molar-refractivity contribution in [1.29, 1.82) is 0 Å². The van der Waals surface area contributed by atoms with Gasteiger partial charge in [0.05, 0.1) is 32.1 Å². The summed E-state index contributed by atoms with van der Waals surface area (Å²) in [5.41, 5.74) is 0.617. The second-order valence-corrected chi connectivity index (χ2v) is 9.41. The first-order valence-corrected chi connectivity index (χ1v) is 11.7. The lowest BCUT2D eigenvalue weighted by atomic mass is 10.2. The molecule has 178 valence electrons. The minimum Gasteiger partial charge on any atom is -0.436 e. The minimum atomic E-state index is -0.565. The fourth-order valence-electron chi connectivity index (χ4n) is 3.17. The van der Waals surface area contributed by atoms with Crippen molar-refractivity contribution in [2.24, 2.45) is 5.10 Å². The molecule has 2 aromatic carbocycles. The second kappa shape index (κ2) is 10.1. The number of rotatable bonds is 6. The fraction of sp³-hybridized carbons (Fsp3) is 0.130. The van der Waals surface area contributed by atoms with Gasteiger partial charge in [-0.3, -0.25) is 14.9 Å². The zero-order chi connectivity index (χ0) is 25.3. The van der Waals surface area contributed by atoms with Gasteiger partial charge in [-0.2, -0.15) is 9.78 Å². The molecule has 2 heterocycles. The van der Waals surface area contributed by atoms with E-state index >= 15 is 0 Å². The Bertz CT molecular complexity index is 1510. The second-order valence-electron chi connectivity index (χ2n) is 7.68. The van der Waals surface area contributed by atoms with E-state index in [0.717, 1.165) is 10.7 Å². The number of nitro groups is 1. The summed E-state index contributed by atoms with van der Waals surface area (Å²) in [6.07, 6.45) is 2.52. The zero-order valence-corrected chi connectivity index (χ0v) is 21.4. The standard InChI is InChI=1S/C23H16BrCl2N5O4/c1-12(2)22-29-19-5-3-14(24)9-16(19)23(32)30(22)28-10-13-7-17(25)21(18(26)8-13)35-20-6-4-15(11-27-20)31(33)34/h3-12H,1-2H3. The van der Waals surface area contributed by atoms with Gasteiger partial charge in [-0.1, -0.05) is 53.0 Å². The normalized spacial score (nSPS) is 11.5. The Morgan fingerprint density at radius 2 is 1.89 bits per heavy atom. The topological polar surface area (TPSA) is 113 Å². The number of halogens is 3. The molecule has 9 nitrogen and oxygen atoms in total. The smallest absolute Gasteiger partial charge is 0.287 e. The summed E-state index contributed by atoms with van der Waals surface area (Å²) < 4.78 is 7.62. The summed E-state index contributed by atoms with van der Waals surface area (Å²) in [6, 6.07) is 11.0. The molecule has 2 aromatic heterocycles. The van der Waals surface area contributed by atoms with Crippen LogP contribution in [0.15, 0.2) is 63.0 Å². The lowest BCUT2D eigenvalue weighted by Gasteiger charge is -2.12. The van der Waals surface area contributed by atoms with Gasteiger partial charge >= 0.3 is 0 Å². The largest absolute Gasteiger partial charge is 0.436 e. The first-order valence-electron chi connectivity index (χ1n) is 10.2. The minimum absolute atomic E-state index is 0.0648. The molecule has 4 rings (SSSR count). The van der Waals surface area contributed by atoms with Gasteiger partial charge in [-0.15, -0.1) is 0 Å². The Morgan fingerprint density at radius 1 is 1.17 bits per heavy atom. The molecule has 35 heavy (non-hydrogen) atoms. The van der Waals surface area contributed by atoms with Crippen LogP contribution in [-0.4, -0.2) is 25.8 Å². The molecular formula is C23H16BrCl2N5O4. The van der Waals surface area contributed by atoms with Crippen molar-refractivity contribution in [1.82, 2.24) is 14.6 Å². The predicted octanol–water partition coefficient (Wildman–Crippen LogP) is 6.57. The van der Waals surface area contributed by atoms with Crippen molar-refractivity contribution in [3.8, 4) is 11.6 Å². The molecule has 0 aliphatic rings. The van der Waals surface area contributed by atoms with Crippen molar-refractivity contribution in [2.75, 3.05) is 0 Å². The van der Waals surface area contributed by atoms with Crippen LogP contribution < -0.4 is 10.3 Å². The molecule has 0 spiro atoms. The van der Waals surface area contributed by atoms with Gasteiger partial charge in [0.2, 0.25) is 5.88 Å². The van der Waals surface area contributed by atoms with Crippen molar-refractivity contribution in [3.63, 3.8) is 0 Å². The van der Waals surface area contributed by atoms with E-state index in [1.54, 1.807) is 24.3 Å². The van der Waals surface area contributed by atoms with Crippen molar-refractivity contribution in [2.45, 2.75) is 19.8 Å². The maximum atomic E-state index is 13.2. The Kier molecular flexibility index (Phi) is 7.15. The lowest BCUT2D eigenvalue weighted by Crippen LogP contribution is -2.23. The summed E-state index contributed by atoms with van der Waals surface area (Å²) in [5.74, 6) is 0.652. The first-order chi connectivity index (χ1) is 16.6. The van der Waals surface area contributed by atoms with Crippen LogP contribution in [0, 0.1) is 10.1 Å². The molecule has 0 saturated carbocycles. The van der Waals surface area contributed by atoms with Crippen LogP contribution in [0.2, 0.25) is 10.0 Å². The average Bonchev–Trinajstić information content (AvgIpc) is 2.81. The predicted molar refractivity (Wildman–Crippen MR) is 138 cm³/mol. The van der Waals surface area contributed by atoms with Crippen molar-refractivity contribution in [3.05, 3.63) is 95.0 Å². The van der Waals surface area contributed by atoms with E-state index in [9.17, 15) is 14.9 Å². The Hall–Kier alpha value is -3.34. The van der Waals surface area contributed by atoms with Crippen molar-refractivity contribution < 1.29 is 9.66 Å². The molecular weight excluding hydrogens is 561 g/mol. The molecule has 0 fully saturated rings. The van der Waals surface area contributed by atoms with E-state index in [4.69, 9.17) is 27.9 Å². The number of hydrogen-bond donors (Lipinski definition) is 0. The molecule has 0 atom stereocenters. The number of hydrogen-bond acceptors (Lipinski definition) is 7. The van der Waals surface area contributed by atoms with Crippen LogP contribution >= 0.6 is 39.1 Å². The van der Waals surface area contributed by atoms with Gasteiger partial charge in [0.15, 0.2) is 5.75 Å². The molecule has 0 N–H and O–H groups in total. The summed E-state index contributed by atoms with van der Waals surface area (Å²) in [5, 5.41) is 15.9. The summed E-state index contributed by atoms with van der Waals surface area (Å²) in [4.78, 5) is 31.9. The highest BCUT2D eigenvalue weighted by atomic mass is 79.9. The number of aromatic nitrogens is 3. The van der Waals surface area contributed by atoms with Crippen molar-refractivity contribution >= 4 is 61.9 Å². The van der Waals surface area contributed by atoms with Gasteiger partial charge in [0.1, 0.15) is 12.0 Å². The van der Waals surface area contributed by atoms with E-state index in [1.165, 1.54) is 23.0 Å². The third-order valence-electron chi connectivity index (χ3n) is 4.83. The number of fused-ring (bicyclic) bond motifs is 1. The molecule has 12 heteroatoms. The van der Waals surface area contributed by atoms with Crippen LogP contribution in [0.5, 0.6) is 11.6 Å². The number of benzene rings is 2. The molecule has 0 bridgehead atoms. The molecule has 0 aliphatic carbocycles. The Labute approximate surface area is 217 Å². The zero-order valence-electron chi connectivity index (χ0n) is 18.3. The van der Waals surface area contributed by atoms with Crippen LogP contribution in [0.3, 0.4) is 0 Å². The van der Waals surface area contributed by atoms with Gasteiger partial charge in [-0.25, -0.2) is 9.97 Å². The molecule has 0 saturated heterocycles. The van der Waals surface area contributed by atoms with E-state index in [2.05, 4.69) is 31.0 Å². The SMILES string of the molecule is CC(C)c1nc2ccc(Br)cc2c(=O)n1N=Cc1cc(Cl)c(Oc2ccc([N+](=O)[O-])cn2)c(Cl)c1. The third-order valence-corrected chi connectivity index (χ3v) is 5.89. The lowest BCUT2D eigenvalue weighted by molar-refractivity contribution is -0.385. The Morgan fingerprint density at radius 3 is 2.49 bits per heavy atom. The number of ether oxygens (including phenoxy) is 1. The highest BCUT2D eigenvalue weighted by Crippen LogP contribution is 2.36. The summed E-state index contributed by atoms with van der Waals surface area (Å²) in [6.45, 7) is 3.84. The third kappa shape index (κ3) is 5.34. The highest BCUT2D eigenvalue weighted by molar-refractivity contribution is 9.10. The fourth-order valence-corrected chi connectivity index (χ4v) is 4.11. The van der Waals surface area contributed by atoms with E-state index < -0.39 is 4.92 Å². The van der Waals surface area contributed by atoms with Crippen LogP contribution in [0.4, 0.5) is 5.69 Å². The van der Waals surface area contributed by atoms with Gasteiger partial charge in [-0.05, 0) is 35.9 Å². The molecule has 0 unspecified atom stereocenters. The average molecular weight is 577 g/mol. The van der Waals surface area contributed by atoms with E-state index in [0.29, 0.717) is 22.3 Å². The maximum Gasteiger partial charge on any atom is 0.287 e. The van der Waals surface area contributed by atoms with Gasteiger partial charge < -0.3 is 4.74 Å². The highest BCUT2D eigenvalue weighted by Gasteiger charge is 2.15. The molecule has 0 aliphatic heterocycles. The molecule has 4 aromatic rings. The maximum absolute atomic E-state index is 13.2. The van der Waals surface area contributed by atoms with Crippen LogP contribution in [0.1, 0.15) is 31.2 Å². The summed E-state index contributed by atoms with van der Waals surface area (Å²) >= 11 is 16.1. The molecule has 0 radical (unpaired) electrons. The van der Waals surface area contributed by atoms with Gasteiger partial charge in [0.25, 0.3) is 11.2 Å². The van der Waals surface area contributed by atoms with E-state index in [1.807, 2.05) is 19.9 Å². The number of nitrogens with zero attached hydrogens (tertiary/aromatic N) is 5. The number of pyridine rings is 1. The monoisotopic (exact) mass is 575 g/mol. The quantitative estimate of drug-likeness (QED) is 0.146. The molecule has 0 amide bonds. The van der Waals surface area contributed by atoms with Gasteiger partial charge in [0, 0.05) is 22.5 Å².